The summed E-state index contributed by atoms with van der Waals surface area (Å²) in [5.74, 6) is 0. The smallest absolute Gasteiger partial charge is 0.0606 e. The van der Waals surface area contributed by atoms with Gasteiger partial charge in [0.25, 0.3) is 0 Å². The molecule has 0 heterocycles. The molecule has 1 atom stereocenters. The molecule has 1 rings (SSSR count). The highest BCUT2D eigenvalue weighted by atomic mass is 16.3. The second-order valence-corrected chi connectivity index (χ2v) is 4.02. The zero-order chi connectivity index (χ0) is 12.0. The first-order valence-electron chi connectivity index (χ1n) is 5.84. The minimum absolute atomic E-state index is 0.187. The Morgan fingerprint density at radius 2 is 1.94 bits per heavy atom. The van der Waals surface area contributed by atoms with E-state index in [9.17, 15) is 0 Å². The van der Waals surface area contributed by atoms with Crippen LogP contribution in [0, 0.1) is 0 Å². The van der Waals surface area contributed by atoms with Crippen LogP contribution in [-0.4, -0.2) is 31.9 Å². The number of rotatable bonds is 6. The SMILES string of the molecule is CCNC(C)c1ccc(N(C)CCO)cc1. The van der Waals surface area contributed by atoms with Gasteiger partial charge in [0.1, 0.15) is 0 Å². The van der Waals surface area contributed by atoms with Gasteiger partial charge in [0.15, 0.2) is 0 Å². The van der Waals surface area contributed by atoms with Crippen LogP contribution in [0.1, 0.15) is 25.5 Å². The zero-order valence-corrected chi connectivity index (χ0v) is 10.4. The number of benzene rings is 1. The molecule has 0 radical (unpaired) electrons. The molecule has 1 aromatic rings. The highest BCUT2D eigenvalue weighted by Gasteiger charge is 2.04. The van der Waals surface area contributed by atoms with Gasteiger partial charge in [-0.25, -0.2) is 0 Å². The van der Waals surface area contributed by atoms with Crippen molar-refractivity contribution in [3.8, 4) is 0 Å². The summed E-state index contributed by atoms with van der Waals surface area (Å²) in [6.07, 6.45) is 0. The van der Waals surface area contributed by atoms with E-state index < -0.39 is 0 Å². The van der Waals surface area contributed by atoms with E-state index in [1.807, 2.05) is 11.9 Å². The van der Waals surface area contributed by atoms with Crippen molar-refractivity contribution < 1.29 is 5.11 Å². The van der Waals surface area contributed by atoms with E-state index >= 15 is 0 Å². The van der Waals surface area contributed by atoms with Crippen molar-refractivity contribution in [3.63, 3.8) is 0 Å². The highest BCUT2D eigenvalue weighted by Crippen LogP contribution is 2.17. The summed E-state index contributed by atoms with van der Waals surface area (Å²) in [4.78, 5) is 2.04. The maximum Gasteiger partial charge on any atom is 0.0606 e. The van der Waals surface area contributed by atoms with Crippen molar-refractivity contribution in [1.29, 1.82) is 0 Å². The van der Waals surface area contributed by atoms with Gasteiger partial charge < -0.3 is 15.3 Å². The van der Waals surface area contributed by atoms with Crippen molar-refractivity contribution >= 4 is 5.69 Å². The Labute approximate surface area is 98.1 Å². The maximum absolute atomic E-state index is 8.86. The molecule has 0 saturated heterocycles. The highest BCUT2D eigenvalue weighted by molar-refractivity contribution is 5.47. The third kappa shape index (κ3) is 3.51. The summed E-state index contributed by atoms with van der Waals surface area (Å²) >= 11 is 0. The standard InChI is InChI=1S/C13H22N2O/c1-4-14-11(2)12-5-7-13(8-6-12)15(3)9-10-16/h5-8,11,14,16H,4,9-10H2,1-3H3. The summed E-state index contributed by atoms with van der Waals surface area (Å²) in [5.41, 5.74) is 2.43. The van der Waals surface area contributed by atoms with Crippen molar-refractivity contribution in [2.24, 2.45) is 0 Å². The average Bonchev–Trinajstić information content (AvgIpc) is 2.30. The Morgan fingerprint density at radius 1 is 1.31 bits per heavy atom. The number of aliphatic hydroxyl groups excluding tert-OH is 1. The van der Waals surface area contributed by atoms with Gasteiger partial charge in [0, 0.05) is 25.3 Å². The molecule has 0 aliphatic heterocycles. The monoisotopic (exact) mass is 222 g/mol. The van der Waals surface area contributed by atoms with Gasteiger partial charge in [-0.2, -0.15) is 0 Å². The summed E-state index contributed by atoms with van der Waals surface area (Å²) in [6.45, 7) is 6.11. The van der Waals surface area contributed by atoms with Crippen LogP contribution in [-0.2, 0) is 0 Å². The quantitative estimate of drug-likeness (QED) is 0.770. The van der Waals surface area contributed by atoms with E-state index in [0.29, 0.717) is 12.6 Å². The van der Waals surface area contributed by atoms with Crippen LogP contribution in [0.2, 0.25) is 0 Å². The number of likely N-dealkylation sites (N-methyl/N-ethyl adjacent to an activating group) is 1. The van der Waals surface area contributed by atoms with Gasteiger partial charge in [-0.15, -0.1) is 0 Å². The minimum Gasteiger partial charge on any atom is -0.395 e. The molecule has 1 unspecified atom stereocenters. The fourth-order valence-electron chi connectivity index (χ4n) is 1.72. The van der Waals surface area contributed by atoms with Crippen LogP contribution in [0.15, 0.2) is 24.3 Å². The fourth-order valence-corrected chi connectivity index (χ4v) is 1.72. The largest absolute Gasteiger partial charge is 0.395 e. The van der Waals surface area contributed by atoms with Gasteiger partial charge in [0.2, 0.25) is 0 Å². The zero-order valence-electron chi connectivity index (χ0n) is 10.4. The molecule has 0 amide bonds. The van der Waals surface area contributed by atoms with Crippen molar-refractivity contribution in [2.75, 3.05) is 31.6 Å². The molecule has 16 heavy (non-hydrogen) atoms. The lowest BCUT2D eigenvalue weighted by Crippen LogP contribution is -2.21. The summed E-state index contributed by atoms with van der Waals surface area (Å²) in [6, 6.07) is 8.85. The van der Waals surface area contributed by atoms with Crippen LogP contribution in [0.4, 0.5) is 5.69 Å². The molecule has 3 nitrogen and oxygen atoms in total. The van der Waals surface area contributed by atoms with Crippen LogP contribution in [0.3, 0.4) is 0 Å². The molecule has 0 aromatic heterocycles. The third-order valence-electron chi connectivity index (χ3n) is 2.78. The van der Waals surface area contributed by atoms with Crippen LogP contribution in [0.25, 0.3) is 0 Å². The van der Waals surface area contributed by atoms with Crippen LogP contribution < -0.4 is 10.2 Å². The van der Waals surface area contributed by atoms with Gasteiger partial charge >= 0.3 is 0 Å². The molecular weight excluding hydrogens is 200 g/mol. The predicted molar refractivity (Wildman–Crippen MR) is 68.9 cm³/mol. The predicted octanol–water partition coefficient (Wildman–Crippen LogP) is 1.79. The Bertz CT molecular complexity index is 266. The van der Waals surface area contributed by atoms with Crippen LogP contribution >= 0.6 is 0 Å². The second kappa shape index (κ2) is 6.51. The molecule has 3 heteroatoms. The van der Waals surface area contributed by atoms with Gasteiger partial charge in [-0.3, -0.25) is 0 Å². The summed E-state index contributed by atoms with van der Waals surface area (Å²) < 4.78 is 0. The first kappa shape index (κ1) is 13.0. The Morgan fingerprint density at radius 3 is 2.44 bits per heavy atom. The lowest BCUT2D eigenvalue weighted by molar-refractivity contribution is 0.304. The van der Waals surface area contributed by atoms with Gasteiger partial charge in [0.05, 0.1) is 6.61 Å². The lowest BCUT2D eigenvalue weighted by Gasteiger charge is -2.19. The maximum atomic E-state index is 8.86. The fraction of sp³-hybridized carbons (Fsp3) is 0.538. The second-order valence-electron chi connectivity index (χ2n) is 4.02. The molecule has 2 N–H and O–H groups in total. The number of nitrogens with zero attached hydrogens (tertiary/aromatic N) is 1. The first-order chi connectivity index (χ1) is 7.69. The molecule has 0 spiro atoms. The molecule has 0 aliphatic rings. The number of anilines is 1. The topological polar surface area (TPSA) is 35.5 Å². The van der Waals surface area contributed by atoms with Gasteiger partial charge in [-0.05, 0) is 31.2 Å². The molecule has 0 bridgehead atoms. The Balaban J connectivity index is 2.67. The molecule has 0 saturated carbocycles. The third-order valence-corrected chi connectivity index (χ3v) is 2.78. The van der Waals surface area contributed by atoms with Crippen molar-refractivity contribution in [1.82, 2.24) is 5.32 Å². The average molecular weight is 222 g/mol. The molecule has 90 valence electrons. The Hall–Kier alpha value is -1.06. The lowest BCUT2D eigenvalue weighted by atomic mass is 10.1. The summed E-state index contributed by atoms with van der Waals surface area (Å²) in [7, 11) is 1.99. The molecule has 0 aliphatic carbocycles. The Kier molecular flexibility index (Phi) is 5.29. The summed E-state index contributed by atoms with van der Waals surface area (Å²) in [5, 5.41) is 12.2. The molecular formula is C13H22N2O. The van der Waals surface area contributed by atoms with E-state index in [-0.39, 0.29) is 6.61 Å². The molecule has 1 aromatic carbocycles. The number of aliphatic hydroxyl groups is 1. The number of nitrogens with one attached hydrogen (secondary N) is 1. The minimum atomic E-state index is 0.187. The van der Waals surface area contributed by atoms with E-state index in [2.05, 4.69) is 43.4 Å². The van der Waals surface area contributed by atoms with E-state index in [1.165, 1.54) is 5.56 Å². The van der Waals surface area contributed by atoms with Crippen molar-refractivity contribution in [3.05, 3.63) is 29.8 Å². The molecule has 0 fully saturated rings. The van der Waals surface area contributed by atoms with E-state index in [0.717, 1.165) is 12.2 Å². The first-order valence-corrected chi connectivity index (χ1v) is 5.84. The van der Waals surface area contributed by atoms with E-state index in [4.69, 9.17) is 5.11 Å². The van der Waals surface area contributed by atoms with Crippen molar-refractivity contribution in [2.45, 2.75) is 19.9 Å². The number of hydrogen-bond acceptors (Lipinski definition) is 3. The normalized spacial score (nSPS) is 12.5. The van der Waals surface area contributed by atoms with Crippen LogP contribution in [0.5, 0.6) is 0 Å². The van der Waals surface area contributed by atoms with E-state index in [1.54, 1.807) is 0 Å². The van der Waals surface area contributed by atoms with Gasteiger partial charge in [-0.1, -0.05) is 19.1 Å². The number of hydrogen-bond donors (Lipinski definition) is 2.